The van der Waals surface area contributed by atoms with Gasteiger partial charge in [0, 0.05) is 29.1 Å². The van der Waals surface area contributed by atoms with Crippen molar-refractivity contribution in [2.75, 3.05) is 6.61 Å². The average molecular weight is 288 g/mol. The Kier molecular flexibility index (Phi) is 4.41. The number of halogens is 2. The molecule has 0 saturated carbocycles. The van der Waals surface area contributed by atoms with E-state index in [4.69, 9.17) is 27.9 Å². The van der Waals surface area contributed by atoms with E-state index < -0.39 is 0 Å². The number of ether oxygens (including phenoxy) is 1. The molecular weight excluding hydrogens is 269 g/mol. The highest BCUT2D eigenvalue weighted by molar-refractivity contribution is 6.35. The largest absolute Gasteiger partial charge is 0.492 e. The first-order chi connectivity index (χ1) is 8.49. The maximum Gasteiger partial charge on any atom is 0.142 e. The first-order valence-corrected chi connectivity index (χ1v) is 7.12. The third kappa shape index (κ3) is 2.93. The molecule has 100 valence electrons. The molecule has 1 aromatic rings. The summed E-state index contributed by atoms with van der Waals surface area (Å²) in [5.74, 6) is 1.37. The predicted molar refractivity (Wildman–Crippen MR) is 76.8 cm³/mol. The summed E-state index contributed by atoms with van der Waals surface area (Å²) in [7, 11) is 0. The highest BCUT2D eigenvalue weighted by Crippen LogP contribution is 2.40. The number of rotatable bonds is 3. The first kappa shape index (κ1) is 14.0. The fourth-order valence-electron chi connectivity index (χ4n) is 2.11. The lowest BCUT2D eigenvalue weighted by Crippen LogP contribution is -2.36. The van der Waals surface area contributed by atoms with Crippen LogP contribution >= 0.6 is 23.2 Å². The van der Waals surface area contributed by atoms with Crippen molar-refractivity contribution in [2.45, 2.75) is 39.3 Å². The van der Waals surface area contributed by atoms with Crippen molar-refractivity contribution < 1.29 is 4.74 Å². The second-order valence-electron chi connectivity index (χ2n) is 5.20. The van der Waals surface area contributed by atoms with Gasteiger partial charge in [-0.2, -0.15) is 0 Å². The molecule has 0 spiro atoms. The van der Waals surface area contributed by atoms with E-state index in [1.807, 2.05) is 6.07 Å². The Labute approximate surface area is 119 Å². The molecule has 0 fully saturated rings. The summed E-state index contributed by atoms with van der Waals surface area (Å²) < 4.78 is 5.65. The van der Waals surface area contributed by atoms with E-state index in [1.165, 1.54) is 0 Å². The van der Waals surface area contributed by atoms with Gasteiger partial charge in [0.25, 0.3) is 0 Å². The Morgan fingerprint density at radius 2 is 2.00 bits per heavy atom. The third-order valence-corrected chi connectivity index (χ3v) is 4.03. The van der Waals surface area contributed by atoms with Crippen LogP contribution in [-0.4, -0.2) is 12.6 Å². The number of nitrogens with one attached hydrogen (secondary N) is 1. The van der Waals surface area contributed by atoms with Gasteiger partial charge in [0.15, 0.2) is 0 Å². The lowest BCUT2D eigenvalue weighted by atomic mass is 9.97. The van der Waals surface area contributed by atoms with Crippen LogP contribution in [0.2, 0.25) is 10.0 Å². The second-order valence-corrected chi connectivity index (χ2v) is 6.04. The number of hydrogen-bond donors (Lipinski definition) is 1. The Morgan fingerprint density at radius 3 is 2.67 bits per heavy atom. The molecule has 1 aliphatic rings. The molecule has 0 radical (unpaired) electrons. The van der Waals surface area contributed by atoms with Gasteiger partial charge in [-0.15, -0.1) is 0 Å². The molecule has 2 unspecified atom stereocenters. The highest BCUT2D eigenvalue weighted by Gasteiger charge is 2.25. The quantitative estimate of drug-likeness (QED) is 0.887. The third-order valence-electron chi connectivity index (χ3n) is 3.53. The summed E-state index contributed by atoms with van der Waals surface area (Å²) in [6, 6.07) is 4.39. The van der Waals surface area contributed by atoms with Gasteiger partial charge in [-0.3, -0.25) is 0 Å². The standard InChI is InChI=1S/C14H19Cl2NO/c1-8(2)9(3)17-13-4-5-18-14-11(13)6-10(15)7-12(14)16/h6-9,13,17H,4-5H2,1-3H3. The van der Waals surface area contributed by atoms with Crippen molar-refractivity contribution in [3.8, 4) is 5.75 Å². The van der Waals surface area contributed by atoms with Crippen molar-refractivity contribution >= 4 is 23.2 Å². The molecule has 0 aromatic heterocycles. The lowest BCUT2D eigenvalue weighted by molar-refractivity contribution is 0.237. The zero-order chi connectivity index (χ0) is 13.3. The van der Waals surface area contributed by atoms with Crippen LogP contribution in [0.1, 0.15) is 38.8 Å². The predicted octanol–water partition coefficient (Wildman–Crippen LogP) is 4.45. The van der Waals surface area contributed by atoms with Gasteiger partial charge in [0.2, 0.25) is 0 Å². The summed E-state index contributed by atoms with van der Waals surface area (Å²) in [5.41, 5.74) is 1.08. The van der Waals surface area contributed by atoms with Crippen LogP contribution in [-0.2, 0) is 0 Å². The van der Waals surface area contributed by atoms with Crippen LogP contribution in [0.15, 0.2) is 12.1 Å². The molecule has 4 heteroatoms. The minimum absolute atomic E-state index is 0.266. The van der Waals surface area contributed by atoms with E-state index in [2.05, 4.69) is 26.1 Å². The van der Waals surface area contributed by atoms with E-state index in [9.17, 15) is 0 Å². The molecule has 2 nitrogen and oxygen atoms in total. The molecule has 18 heavy (non-hydrogen) atoms. The van der Waals surface area contributed by atoms with Gasteiger partial charge >= 0.3 is 0 Å². The van der Waals surface area contributed by atoms with Crippen molar-refractivity contribution in [3.63, 3.8) is 0 Å². The Balaban J connectivity index is 2.27. The normalized spacial score (nSPS) is 20.4. The Bertz CT molecular complexity index is 434. The molecule has 1 aliphatic heterocycles. The average Bonchev–Trinajstić information content (AvgIpc) is 2.29. The van der Waals surface area contributed by atoms with Gasteiger partial charge in [0.1, 0.15) is 5.75 Å². The fourth-order valence-corrected chi connectivity index (χ4v) is 2.67. The van der Waals surface area contributed by atoms with Crippen molar-refractivity contribution in [1.29, 1.82) is 0 Å². The lowest BCUT2D eigenvalue weighted by Gasteiger charge is -2.31. The van der Waals surface area contributed by atoms with Gasteiger partial charge in [0.05, 0.1) is 11.6 Å². The van der Waals surface area contributed by atoms with Crippen LogP contribution in [0.25, 0.3) is 0 Å². The molecule has 2 atom stereocenters. The fraction of sp³-hybridized carbons (Fsp3) is 0.571. The van der Waals surface area contributed by atoms with Gasteiger partial charge in [-0.1, -0.05) is 37.0 Å². The minimum atomic E-state index is 0.266. The van der Waals surface area contributed by atoms with E-state index in [0.29, 0.717) is 28.6 Å². The SMILES string of the molecule is CC(C)C(C)NC1CCOc2c(Cl)cc(Cl)cc21. The molecular formula is C14H19Cl2NO. The van der Waals surface area contributed by atoms with Gasteiger partial charge < -0.3 is 10.1 Å². The summed E-state index contributed by atoms with van der Waals surface area (Å²) in [5, 5.41) is 4.89. The topological polar surface area (TPSA) is 21.3 Å². The van der Waals surface area contributed by atoms with Crippen molar-refractivity contribution in [3.05, 3.63) is 27.7 Å². The maximum absolute atomic E-state index is 6.17. The molecule has 0 saturated heterocycles. The zero-order valence-corrected chi connectivity index (χ0v) is 12.5. The first-order valence-electron chi connectivity index (χ1n) is 6.37. The van der Waals surface area contributed by atoms with Gasteiger partial charge in [-0.25, -0.2) is 0 Å². The molecule has 0 aliphatic carbocycles. The Morgan fingerprint density at radius 1 is 1.28 bits per heavy atom. The van der Waals surface area contributed by atoms with Gasteiger partial charge in [-0.05, 0) is 25.0 Å². The molecule has 0 amide bonds. The molecule has 0 bridgehead atoms. The summed E-state index contributed by atoms with van der Waals surface area (Å²) in [6.45, 7) is 7.31. The van der Waals surface area contributed by atoms with Crippen molar-refractivity contribution in [2.24, 2.45) is 5.92 Å². The summed E-state index contributed by atoms with van der Waals surface area (Å²) in [4.78, 5) is 0. The Hall–Kier alpha value is -0.440. The van der Waals surface area contributed by atoms with Crippen LogP contribution in [0.5, 0.6) is 5.75 Å². The van der Waals surface area contributed by atoms with E-state index in [-0.39, 0.29) is 6.04 Å². The van der Waals surface area contributed by atoms with E-state index >= 15 is 0 Å². The molecule has 1 N–H and O–H groups in total. The van der Waals surface area contributed by atoms with E-state index in [1.54, 1.807) is 6.07 Å². The zero-order valence-electron chi connectivity index (χ0n) is 11.0. The van der Waals surface area contributed by atoms with Crippen LogP contribution in [0.3, 0.4) is 0 Å². The van der Waals surface area contributed by atoms with E-state index in [0.717, 1.165) is 17.7 Å². The minimum Gasteiger partial charge on any atom is -0.492 e. The van der Waals surface area contributed by atoms with Crippen LogP contribution in [0, 0.1) is 5.92 Å². The maximum atomic E-state index is 6.17. The number of fused-ring (bicyclic) bond motifs is 1. The molecule has 2 rings (SSSR count). The van der Waals surface area contributed by atoms with Crippen molar-refractivity contribution in [1.82, 2.24) is 5.32 Å². The summed E-state index contributed by atoms with van der Waals surface area (Å²) >= 11 is 12.3. The number of hydrogen-bond acceptors (Lipinski definition) is 2. The monoisotopic (exact) mass is 287 g/mol. The summed E-state index contributed by atoms with van der Waals surface area (Å²) in [6.07, 6.45) is 0.945. The highest BCUT2D eigenvalue weighted by atomic mass is 35.5. The second kappa shape index (κ2) is 5.68. The van der Waals surface area contributed by atoms with Crippen LogP contribution in [0.4, 0.5) is 0 Å². The molecule has 1 aromatic carbocycles. The van der Waals surface area contributed by atoms with Crippen LogP contribution < -0.4 is 10.1 Å². The molecule has 1 heterocycles. The number of benzene rings is 1. The smallest absolute Gasteiger partial charge is 0.142 e.